The van der Waals surface area contributed by atoms with Gasteiger partial charge in [0.05, 0.1) is 24.0 Å². The molecule has 0 radical (unpaired) electrons. The number of methoxy groups -OCH3 is 1. The summed E-state index contributed by atoms with van der Waals surface area (Å²) in [5.41, 5.74) is 4.12. The van der Waals surface area contributed by atoms with Gasteiger partial charge >= 0.3 is 12.1 Å². The number of ether oxygens (including phenoxy) is 2. The van der Waals surface area contributed by atoms with Gasteiger partial charge in [-0.05, 0) is 50.2 Å². The number of carboxylic acid groups (broad SMARTS) is 1. The second-order valence-corrected chi connectivity index (χ2v) is 8.09. The van der Waals surface area contributed by atoms with E-state index < -0.39 is 12.1 Å². The van der Waals surface area contributed by atoms with Crippen molar-refractivity contribution in [2.75, 3.05) is 44.0 Å². The Morgan fingerprint density at radius 3 is 2.57 bits per heavy atom. The first-order valence-electron chi connectivity index (χ1n) is 11.3. The molecule has 3 aromatic rings. The van der Waals surface area contributed by atoms with Crippen LogP contribution in [0, 0.1) is 18.3 Å². The van der Waals surface area contributed by atoms with Crippen LogP contribution >= 0.6 is 0 Å². The SMILES string of the molecule is COCCOc1ccc(Nc2c(C)c(N[C@H]3CCNC3)c(C#N)c3ccnn23)cc1.O=C(O)C(F)(F)F. The summed E-state index contributed by atoms with van der Waals surface area (Å²) in [7, 11) is 1.65. The number of carboxylic acids is 1. The number of alkyl halides is 3. The number of benzene rings is 1. The molecule has 1 aliphatic heterocycles. The number of hydrogen-bond donors (Lipinski definition) is 4. The van der Waals surface area contributed by atoms with Crippen molar-refractivity contribution in [2.24, 2.45) is 0 Å². The van der Waals surface area contributed by atoms with Crippen LogP contribution in [0.4, 0.5) is 30.4 Å². The average molecular weight is 521 g/mol. The second kappa shape index (κ2) is 12.3. The predicted molar refractivity (Wildman–Crippen MR) is 130 cm³/mol. The van der Waals surface area contributed by atoms with Crippen molar-refractivity contribution in [1.29, 1.82) is 5.26 Å². The topological polar surface area (TPSA) is 133 Å². The maximum atomic E-state index is 10.6. The van der Waals surface area contributed by atoms with E-state index in [0.29, 0.717) is 24.8 Å². The summed E-state index contributed by atoms with van der Waals surface area (Å²) in [4.78, 5) is 8.90. The van der Waals surface area contributed by atoms with Crippen molar-refractivity contribution in [3.63, 3.8) is 0 Å². The van der Waals surface area contributed by atoms with Gasteiger partial charge in [-0.3, -0.25) is 0 Å². The normalized spacial score (nSPS) is 15.0. The number of aliphatic carboxylic acids is 1. The van der Waals surface area contributed by atoms with Crippen LogP contribution in [0.2, 0.25) is 0 Å². The zero-order chi connectivity index (χ0) is 27.0. The van der Waals surface area contributed by atoms with E-state index in [1.165, 1.54) is 0 Å². The molecule has 37 heavy (non-hydrogen) atoms. The van der Waals surface area contributed by atoms with E-state index in [0.717, 1.165) is 53.5 Å². The molecule has 4 rings (SSSR count). The first kappa shape index (κ1) is 27.6. The zero-order valence-electron chi connectivity index (χ0n) is 20.2. The molecule has 2 aromatic heterocycles. The van der Waals surface area contributed by atoms with E-state index in [4.69, 9.17) is 19.4 Å². The predicted octanol–water partition coefficient (Wildman–Crippen LogP) is 3.69. The van der Waals surface area contributed by atoms with Gasteiger partial charge in [0.25, 0.3) is 0 Å². The minimum Gasteiger partial charge on any atom is -0.491 e. The number of fused-ring (bicyclic) bond motifs is 1. The summed E-state index contributed by atoms with van der Waals surface area (Å²) in [5.74, 6) is -1.14. The third-order valence-electron chi connectivity index (χ3n) is 5.53. The van der Waals surface area contributed by atoms with Crippen molar-refractivity contribution >= 4 is 28.7 Å². The maximum absolute atomic E-state index is 10.6. The van der Waals surface area contributed by atoms with E-state index in [1.807, 2.05) is 37.3 Å². The van der Waals surface area contributed by atoms with Crippen LogP contribution in [-0.4, -0.2) is 66.3 Å². The van der Waals surface area contributed by atoms with E-state index in [9.17, 15) is 18.4 Å². The largest absolute Gasteiger partial charge is 0.491 e. The lowest BCUT2D eigenvalue weighted by atomic mass is 10.1. The Bertz CT molecular complexity index is 1250. The standard InChI is InChI=1S/C22H26N6O2.C2HF3O2/c1-15-21(26-17-7-9-24-14-17)19(13-23)20-8-10-25-28(20)22(15)27-16-3-5-18(6-4-16)30-12-11-29-2;3-2(4,5)1(6)7/h3-6,8,10,17,24,26-27H,7,9,11-12,14H2,1-2H3;(H,6,7)/t17-;/m0./s1. The number of hydrogen-bond acceptors (Lipinski definition) is 8. The molecule has 0 unspecified atom stereocenters. The minimum atomic E-state index is -5.08. The molecule has 10 nitrogen and oxygen atoms in total. The number of carbonyl (C=O) groups is 1. The lowest BCUT2D eigenvalue weighted by Gasteiger charge is -2.21. The molecule has 4 N–H and O–H groups in total. The van der Waals surface area contributed by atoms with Gasteiger partial charge in [-0.1, -0.05) is 0 Å². The first-order chi connectivity index (χ1) is 17.7. The molecule has 198 valence electrons. The van der Waals surface area contributed by atoms with Crippen molar-refractivity contribution in [2.45, 2.75) is 25.6 Å². The Kier molecular flexibility index (Phi) is 9.15. The molecular formula is C24H27F3N6O4. The fourth-order valence-electron chi connectivity index (χ4n) is 3.70. The number of pyridine rings is 1. The number of nitrogens with zero attached hydrogens (tertiary/aromatic N) is 3. The average Bonchev–Trinajstić information content (AvgIpc) is 3.55. The lowest BCUT2D eigenvalue weighted by Crippen LogP contribution is -2.24. The summed E-state index contributed by atoms with van der Waals surface area (Å²) < 4.78 is 44.2. The molecular weight excluding hydrogens is 493 g/mol. The van der Waals surface area contributed by atoms with Crippen molar-refractivity contribution in [3.05, 3.63) is 47.7 Å². The van der Waals surface area contributed by atoms with Crippen LogP contribution in [0.15, 0.2) is 36.5 Å². The summed E-state index contributed by atoms with van der Waals surface area (Å²) in [6.07, 6.45) is -2.34. The molecule has 1 saturated heterocycles. The maximum Gasteiger partial charge on any atom is 0.490 e. The molecule has 0 aliphatic carbocycles. The fourth-order valence-corrected chi connectivity index (χ4v) is 3.70. The molecule has 0 saturated carbocycles. The molecule has 1 atom stereocenters. The highest BCUT2D eigenvalue weighted by Crippen LogP contribution is 2.34. The van der Waals surface area contributed by atoms with Crippen LogP contribution in [-0.2, 0) is 9.53 Å². The minimum absolute atomic E-state index is 0.303. The highest BCUT2D eigenvalue weighted by molar-refractivity contribution is 5.82. The second-order valence-electron chi connectivity index (χ2n) is 8.09. The molecule has 1 aliphatic rings. The highest BCUT2D eigenvalue weighted by atomic mass is 19.4. The van der Waals surface area contributed by atoms with E-state index in [2.05, 4.69) is 27.1 Å². The van der Waals surface area contributed by atoms with Crippen LogP contribution in [0.25, 0.3) is 5.52 Å². The zero-order valence-corrected chi connectivity index (χ0v) is 20.2. The Morgan fingerprint density at radius 2 is 2.00 bits per heavy atom. The number of rotatable bonds is 8. The smallest absolute Gasteiger partial charge is 0.490 e. The van der Waals surface area contributed by atoms with Gasteiger partial charge in [-0.25, -0.2) is 9.31 Å². The monoisotopic (exact) mass is 520 g/mol. The summed E-state index contributed by atoms with van der Waals surface area (Å²) in [5, 5.41) is 31.8. The Morgan fingerprint density at radius 1 is 1.30 bits per heavy atom. The molecule has 0 spiro atoms. The van der Waals surface area contributed by atoms with Crippen molar-refractivity contribution in [1.82, 2.24) is 14.9 Å². The third-order valence-corrected chi connectivity index (χ3v) is 5.53. The Labute approximate surface area is 211 Å². The van der Waals surface area contributed by atoms with Crippen LogP contribution < -0.4 is 20.7 Å². The fraction of sp³-hybridized carbons (Fsp3) is 0.375. The quantitative estimate of drug-likeness (QED) is 0.328. The number of nitriles is 1. The van der Waals surface area contributed by atoms with Gasteiger partial charge in [0.2, 0.25) is 0 Å². The van der Waals surface area contributed by atoms with Crippen LogP contribution in [0.1, 0.15) is 17.5 Å². The van der Waals surface area contributed by atoms with Crippen LogP contribution in [0.5, 0.6) is 5.75 Å². The van der Waals surface area contributed by atoms with Gasteiger partial charge in [0.15, 0.2) is 0 Å². The number of aromatic nitrogens is 2. The molecule has 13 heteroatoms. The summed E-state index contributed by atoms with van der Waals surface area (Å²) >= 11 is 0. The summed E-state index contributed by atoms with van der Waals surface area (Å²) in [6.45, 7) is 4.95. The molecule has 3 heterocycles. The Hall–Kier alpha value is -4.02. The van der Waals surface area contributed by atoms with E-state index in [1.54, 1.807) is 17.8 Å². The molecule has 1 fully saturated rings. The van der Waals surface area contributed by atoms with Crippen molar-refractivity contribution in [3.8, 4) is 11.8 Å². The first-order valence-corrected chi connectivity index (χ1v) is 11.3. The Balaban J connectivity index is 0.000000479. The number of halogens is 3. The lowest BCUT2D eigenvalue weighted by molar-refractivity contribution is -0.192. The summed E-state index contributed by atoms with van der Waals surface area (Å²) in [6, 6.07) is 12.3. The molecule has 0 amide bonds. The van der Waals surface area contributed by atoms with Gasteiger partial charge in [-0.2, -0.15) is 23.5 Å². The molecule has 1 aromatic carbocycles. The molecule has 0 bridgehead atoms. The van der Waals surface area contributed by atoms with Crippen molar-refractivity contribution < 1.29 is 32.5 Å². The van der Waals surface area contributed by atoms with Gasteiger partial charge in [0.1, 0.15) is 29.8 Å². The van der Waals surface area contributed by atoms with Gasteiger partial charge in [0, 0.05) is 30.9 Å². The van der Waals surface area contributed by atoms with Gasteiger partial charge in [-0.15, -0.1) is 0 Å². The highest BCUT2D eigenvalue weighted by Gasteiger charge is 2.38. The third kappa shape index (κ3) is 7.02. The van der Waals surface area contributed by atoms with E-state index in [-0.39, 0.29) is 0 Å². The van der Waals surface area contributed by atoms with E-state index >= 15 is 0 Å². The number of anilines is 3. The van der Waals surface area contributed by atoms with Gasteiger partial charge < -0.3 is 30.5 Å². The van der Waals surface area contributed by atoms with Crippen LogP contribution in [0.3, 0.4) is 0 Å². The number of nitrogens with one attached hydrogen (secondary N) is 3.